The minimum Gasteiger partial charge on any atom is -0.391 e. The van der Waals surface area contributed by atoms with Crippen LogP contribution in [-0.2, 0) is 22.9 Å². The smallest absolute Gasteiger partial charge is 0.150 e. The van der Waals surface area contributed by atoms with Gasteiger partial charge in [-0.1, -0.05) is 0 Å². The fourth-order valence-electron chi connectivity index (χ4n) is 2.04. The van der Waals surface area contributed by atoms with E-state index < -0.39 is 9.84 Å². The Morgan fingerprint density at radius 2 is 2.38 bits per heavy atom. The normalized spacial score (nSPS) is 24.4. The number of aliphatic hydroxyl groups is 1. The van der Waals surface area contributed by atoms with Gasteiger partial charge in [-0.2, -0.15) is 0 Å². The van der Waals surface area contributed by atoms with Crippen LogP contribution in [0.4, 0.5) is 0 Å². The third-order valence-corrected chi connectivity index (χ3v) is 5.67. The molecule has 0 radical (unpaired) electrons. The van der Waals surface area contributed by atoms with Crippen molar-refractivity contribution in [1.82, 2.24) is 4.98 Å². The molecule has 2 heterocycles. The predicted molar refractivity (Wildman–Crippen MR) is 63.1 cm³/mol. The van der Waals surface area contributed by atoms with Gasteiger partial charge in [0.25, 0.3) is 0 Å². The quantitative estimate of drug-likeness (QED) is 0.881. The second kappa shape index (κ2) is 4.81. The monoisotopic (exact) mass is 261 g/mol. The summed E-state index contributed by atoms with van der Waals surface area (Å²) in [5.74, 6) is 0.834. The number of aromatic nitrogens is 1. The molecular formula is C10H15NO3S2. The van der Waals surface area contributed by atoms with E-state index in [1.807, 2.05) is 0 Å². The van der Waals surface area contributed by atoms with Crippen molar-refractivity contribution < 1.29 is 13.5 Å². The molecule has 1 aromatic rings. The van der Waals surface area contributed by atoms with E-state index in [0.717, 1.165) is 29.1 Å². The lowest BCUT2D eigenvalue weighted by Crippen LogP contribution is -2.26. The molecule has 1 aromatic heterocycles. The van der Waals surface area contributed by atoms with Crippen molar-refractivity contribution >= 4 is 21.2 Å². The second-order valence-corrected chi connectivity index (χ2v) is 7.63. The zero-order valence-electron chi connectivity index (χ0n) is 8.92. The molecule has 1 unspecified atom stereocenters. The van der Waals surface area contributed by atoms with Crippen LogP contribution in [0.2, 0.25) is 0 Å². The lowest BCUT2D eigenvalue weighted by Gasteiger charge is -2.20. The summed E-state index contributed by atoms with van der Waals surface area (Å²) in [5, 5.41) is 9.85. The van der Waals surface area contributed by atoms with Crippen molar-refractivity contribution in [2.75, 3.05) is 11.5 Å². The van der Waals surface area contributed by atoms with Crippen LogP contribution in [0.25, 0.3) is 0 Å². The van der Waals surface area contributed by atoms with Crippen molar-refractivity contribution in [2.24, 2.45) is 5.92 Å². The molecule has 0 amide bonds. The first kappa shape index (κ1) is 12.0. The second-order valence-electron chi connectivity index (χ2n) is 4.21. The maximum atomic E-state index is 11.5. The van der Waals surface area contributed by atoms with Crippen molar-refractivity contribution in [3.8, 4) is 0 Å². The van der Waals surface area contributed by atoms with Crippen LogP contribution in [0.3, 0.4) is 0 Å². The summed E-state index contributed by atoms with van der Waals surface area (Å²) in [6.45, 7) is 0.0145. The zero-order valence-corrected chi connectivity index (χ0v) is 10.6. The Hall–Kier alpha value is -0.460. The van der Waals surface area contributed by atoms with Gasteiger partial charge >= 0.3 is 0 Å². The van der Waals surface area contributed by atoms with Crippen molar-refractivity contribution in [3.63, 3.8) is 0 Å². The predicted octanol–water partition coefficient (Wildman–Crippen LogP) is 1.00. The molecule has 0 bridgehead atoms. The van der Waals surface area contributed by atoms with E-state index in [1.165, 1.54) is 11.3 Å². The summed E-state index contributed by atoms with van der Waals surface area (Å²) in [6, 6.07) is 0. The summed E-state index contributed by atoms with van der Waals surface area (Å²) in [7, 11) is -2.82. The number of rotatable bonds is 3. The SMILES string of the molecule is O=S1(=O)CCCC(Cc2ncc(CO)s2)C1. The van der Waals surface area contributed by atoms with E-state index >= 15 is 0 Å². The van der Waals surface area contributed by atoms with Crippen LogP contribution in [0.1, 0.15) is 22.7 Å². The molecule has 0 aliphatic carbocycles. The molecule has 16 heavy (non-hydrogen) atoms. The summed E-state index contributed by atoms with van der Waals surface area (Å²) in [5.41, 5.74) is 0. The molecule has 0 aromatic carbocycles. The molecule has 2 rings (SSSR count). The van der Waals surface area contributed by atoms with Gasteiger partial charge < -0.3 is 5.11 Å². The Kier molecular flexibility index (Phi) is 3.61. The Bertz CT molecular complexity index is 452. The average Bonchev–Trinajstić information content (AvgIpc) is 2.64. The molecule has 4 nitrogen and oxygen atoms in total. The molecule has 1 atom stereocenters. The van der Waals surface area contributed by atoms with Gasteiger partial charge in [0.2, 0.25) is 0 Å². The molecule has 1 N–H and O–H groups in total. The highest BCUT2D eigenvalue weighted by molar-refractivity contribution is 7.91. The summed E-state index contributed by atoms with van der Waals surface area (Å²) < 4.78 is 22.9. The number of aliphatic hydroxyl groups excluding tert-OH is 1. The maximum absolute atomic E-state index is 11.5. The summed E-state index contributed by atoms with van der Waals surface area (Å²) in [6.07, 6.45) is 4.12. The van der Waals surface area contributed by atoms with Gasteiger partial charge in [-0.25, -0.2) is 13.4 Å². The van der Waals surface area contributed by atoms with Crippen LogP contribution in [0, 0.1) is 5.92 Å². The van der Waals surface area contributed by atoms with E-state index in [0.29, 0.717) is 11.5 Å². The van der Waals surface area contributed by atoms with E-state index in [-0.39, 0.29) is 12.5 Å². The fourth-order valence-corrected chi connectivity index (χ4v) is 4.71. The van der Waals surface area contributed by atoms with E-state index in [1.54, 1.807) is 6.20 Å². The lowest BCUT2D eigenvalue weighted by molar-refractivity contribution is 0.285. The molecule has 1 aliphatic rings. The highest BCUT2D eigenvalue weighted by Crippen LogP contribution is 2.24. The molecule has 1 aliphatic heterocycles. The van der Waals surface area contributed by atoms with E-state index in [4.69, 9.17) is 5.11 Å². The highest BCUT2D eigenvalue weighted by atomic mass is 32.2. The van der Waals surface area contributed by atoms with Crippen molar-refractivity contribution in [3.05, 3.63) is 16.1 Å². The van der Waals surface area contributed by atoms with Crippen molar-refractivity contribution in [2.45, 2.75) is 25.9 Å². The van der Waals surface area contributed by atoms with Gasteiger partial charge in [-0.15, -0.1) is 11.3 Å². The van der Waals surface area contributed by atoms with Gasteiger partial charge in [0, 0.05) is 12.6 Å². The molecular weight excluding hydrogens is 246 g/mol. The van der Waals surface area contributed by atoms with E-state index in [2.05, 4.69) is 4.98 Å². The van der Waals surface area contributed by atoms with E-state index in [9.17, 15) is 8.42 Å². The molecule has 1 saturated heterocycles. The van der Waals surface area contributed by atoms with Crippen LogP contribution >= 0.6 is 11.3 Å². The lowest BCUT2D eigenvalue weighted by atomic mass is 10.0. The fraction of sp³-hybridized carbons (Fsp3) is 0.700. The maximum Gasteiger partial charge on any atom is 0.150 e. The number of hydrogen-bond acceptors (Lipinski definition) is 5. The Labute approximate surface area is 99.3 Å². The number of sulfone groups is 1. The first-order chi connectivity index (χ1) is 7.59. The minimum absolute atomic E-state index is 0.0145. The first-order valence-electron chi connectivity index (χ1n) is 5.34. The summed E-state index contributed by atoms with van der Waals surface area (Å²) >= 11 is 1.47. The molecule has 90 valence electrons. The van der Waals surface area contributed by atoms with Crippen molar-refractivity contribution in [1.29, 1.82) is 0 Å². The average molecular weight is 261 g/mol. The van der Waals surface area contributed by atoms with Gasteiger partial charge in [0.15, 0.2) is 9.84 Å². The Morgan fingerprint density at radius 3 is 3.00 bits per heavy atom. The third kappa shape index (κ3) is 3.02. The summed E-state index contributed by atoms with van der Waals surface area (Å²) in [4.78, 5) is 5.03. The Morgan fingerprint density at radius 1 is 1.56 bits per heavy atom. The van der Waals surface area contributed by atoms with Crippen LogP contribution in [0.5, 0.6) is 0 Å². The largest absolute Gasteiger partial charge is 0.391 e. The first-order valence-corrected chi connectivity index (χ1v) is 7.98. The van der Waals surface area contributed by atoms with Gasteiger partial charge in [0.1, 0.15) is 0 Å². The third-order valence-electron chi connectivity index (χ3n) is 2.78. The molecule has 1 fully saturated rings. The van der Waals surface area contributed by atoms with Crippen LogP contribution < -0.4 is 0 Å². The van der Waals surface area contributed by atoms with Crippen LogP contribution in [0.15, 0.2) is 6.20 Å². The number of hydrogen-bond donors (Lipinski definition) is 1. The Balaban J connectivity index is 1.99. The molecule has 6 heteroatoms. The van der Waals surface area contributed by atoms with Crippen LogP contribution in [-0.4, -0.2) is 30.0 Å². The van der Waals surface area contributed by atoms with Gasteiger partial charge in [0.05, 0.1) is 28.0 Å². The topological polar surface area (TPSA) is 67.3 Å². The standard InChI is InChI=1S/C10H15NO3S2/c12-6-9-5-11-10(15-9)4-8-2-1-3-16(13,14)7-8/h5,8,12H,1-4,6-7H2. The highest BCUT2D eigenvalue weighted by Gasteiger charge is 2.25. The number of thiazole rings is 1. The molecule has 0 spiro atoms. The van der Waals surface area contributed by atoms with Gasteiger partial charge in [-0.3, -0.25) is 0 Å². The number of nitrogens with zero attached hydrogens (tertiary/aromatic N) is 1. The zero-order chi connectivity index (χ0) is 11.6. The molecule has 0 saturated carbocycles. The van der Waals surface area contributed by atoms with Gasteiger partial charge in [-0.05, 0) is 18.8 Å². The minimum atomic E-state index is -2.82.